The Kier molecular flexibility index (Phi) is 90.2. The quantitative estimate of drug-likeness (QED) is 0.0121. The number of methoxy groups -OCH3 is 3. The van der Waals surface area contributed by atoms with Gasteiger partial charge in [-0.3, -0.25) is 43.8 Å². The predicted molar refractivity (Wildman–Crippen MR) is 593 cm³/mol. The normalized spacial score (nSPS) is 15.3. The lowest BCUT2D eigenvalue weighted by atomic mass is 9.89. The number of cyclic esters (lactones) is 1. The van der Waals surface area contributed by atoms with Crippen LogP contribution in [0.4, 0.5) is 0 Å². The van der Waals surface area contributed by atoms with Gasteiger partial charge in [-0.25, -0.2) is 25.3 Å². The summed E-state index contributed by atoms with van der Waals surface area (Å²) < 4.78 is 145. The lowest BCUT2D eigenvalue weighted by Crippen LogP contribution is -2.53. The monoisotopic (exact) mass is 2210 g/mol. The van der Waals surface area contributed by atoms with Crippen LogP contribution >= 0.6 is 0 Å². The highest BCUT2D eigenvalue weighted by molar-refractivity contribution is 8.11. The number of unbranched alkanes of at least 4 members (excludes halogenated alkanes) is 6. The number of carbonyl (C=O) groups excluding carboxylic acids is 4. The Hall–Kier alpha value is -5.99. The molecular formula is C109H196N10O27S4. The molecule has 1 atom stereocenters. The fourth-order valence-corrected chi connectivity index (χ4v) is 22.2. The number of benzene rings is 3. The SMILES string of the molecule is CCC(=O)OCCN(CCOC(=O)CC)CCOC(=O)CC.CCCCCN(CCCCC)CCCCC.CN(C1CCCCC1)C1CCCCC1.CN1CCOCC1.COCOCCN(CCOCOC)CCOCOC.CS(=O)(=O)[N-]S(=O)(=O)CCCS(=O)(=O)N1CCN(C2CCOC2=O)CC1.Cc1cccc(C)n1.OCCOCCN(CCOCCO)CCOCCO.c1ccc([S+](c2ccccc2)c2ccccc2)cc1. The van der Waals surface area contributed by atoms with Gasteiger partial charge in [-0.2, -0.15) is 4.31 Å². The number of carbonyl (C=O) groups is 4. The van der Waals surface area contributed by atoms with Crippen LogP contribution in [0.2, 0.25) is 0 Å². The highest BCUT2D eigenvalue weighted by atomic mass is 32.3. The zero-order valence-electron chi connectivity index (χ0n) is 93.8. The molecule has 4 heterocycles. The van der Waals surface area contributed by atoms with E-state index in [2.05, 4.69) is 159 Å². The molecule has 9 rings (SSSR count). The summed E-state index contributed by atoms with van der Waals surface area (Å²) >= 11 is 0. The number of hydrogen-bond acceptors (Lipinski definition) is 35. The lowest BCUT2D eigenvalue weighted by molar-refractivity contribution is -0.145. The molecule has 0 amide bonds. The third kappa shape index (κ3) is 77.4. The summed E-state index contributed by atoms with van der Waals surface area (Å²) in [5.41, 5.74) is 2.18. The fraction of sp³-hybridized carbons (Fsp3) is 0.752. The number of aromatic nitrogens is 1. The van der Waals surface area contributed by atoms with E-state index in [0.29, 0.717) is 151 Å². The molecule has 1 aromatic heterocycles. The number of likely N-dealkylation sites (N-methyl/N-ethyl adjacent to an activating group) is 1. The number of hydrogen-bond donors (Lipinski definition) is 3. The zero-order chi connectivity index (χ0) is 111. The molecule has 41 heteroatoms. The molecule has 4 aromatic rings. The number of nitrogens with zero attached hydrogens (tertiary/aromatic N) is 10. The average Bonchev–Trinajstić information content (AvgIpc) is 1.31. The van der Waals surface area contributed by atoms with Crippen molar-refractivity contribution in [3.05, 3.63) is 125 Å². The predicted octanol–water partition coefficient (Wildman–Crippen LogP) is 12.8. The second-order valence-electron chi connectivity index (χ2n) is 36.7. The Morgan fingerprint density at radius 3 is 1.05 bits per heavy atom. The Labute approximate surface area is 906 Å². The molecular weight excluding hydrogens is 2010 g/mol. The molecule has 0 bridgehead atoms. The first-order chi connectivity index (χ1) is 72.5. The number of sulfonamides is 3. The number of pyridine rings is 1. The summed E-state index contributed by atoms with van der Waals surface area (Å²) in [5, 5.41) is 25.8. The molecule has 3 aromatic carbocycles. The molecule has 2 saturated carbocycles. The largest absolute Gasteiger partial charge is 0.464 e. The van der Waals surface area contributed by atoms with E-state index in [1.54, 1.807) is 42.1 Å². The smallest absolute Gasteiger partial charge is 0.323 e. The maximum absolute atomic E-state index is 12.3. The van der Waals surface area contributed by atoms with E-state index in [4.69, 9.17) is 81.6 Å². The summed E-state index contributed by atoms with van der Waals surface area (Å²) in [5.74, 6) is -2.13. The minimum absolute atomic E-state index is 0.0146. The van der Waals surface area contributed by atoms with E-state index in [0.717, 1.165) is 89.0 Å². The first-order valence-corrected chi connectivity index (χ1v) is 60.7. The highest BCUT2D eigenvalue weighted by Gasteiger charge is 2.37. The third-order valence-electron chi connectivity index (χ3n) is 24.3. The van der Waals surface area contributed by atoms with Crippen LogP contribution in [0.5, 0.6) is 0 Å². The molecule has 3 aliphatic heterocycles. The standard InChI is InChI=1S/C18H15S.C15H27NO6.C15H33N.C13H25N.C12H22N3O8S3.2C12H27NO6.C7H9N.C5H11NO/c1-4-10-16(11-5-1)19(17-12-6-2-7-13-17)18-14-8-3-9-15-18;1-4-13(17)20-10-7-16(8-11-21-14(18)5-2)9-12-22-15(19)6-3;1-4-7-10-13-16(14-11-8-5-2)15-12-9-6-3;1-14(12-8-4-2-5-9-12)13-10-6-3-7-11-13;1-24(17,18)13-25(19,20)9-2-10-26(21,22)15-6-4-14(5-7-15)11-3-8-23-12(11)16;1-14-10-17-7-4-13(5-8-18-11-15-2)6-9-19-12-16-3;14-4-10-17-7-1-13(2-8-18-11-5-15)3-9-19-12-6-16;1-6-4-3-5-7(2)8-6;1-6-2-4-7-5-3-6/h1-15H;4-12H2,1-3H3;4-15H2,1-3H3;12-13H,2-11H2,1H3;11H,2-10H2,1H3;4-12H2,1-3H3;14-16H,1-12H2;3-5H,1-2H3;2-5H2,1H3/q+1;;;;-1;;;;. The minimum Gasteiger partial charge on any atom is -0.464 e. The summed E-state index contributed by atoms with van der Waals surface area (Å²) in [6.45, 7) is 38.0. The van der Waals surface area contributed by atoms with E-state index >= 15 is 0 Å². The third-order valence-corrected chi connectivity index (χ3v) is 31.3. The van der Waals surface area contributed by atoms with Gasteiger partial charge in [-0.15, -0.1) is 0 Å². The number of morpholine rings is 1. The highest BCUT2D eigenvalue weighted by Crippen LogP contribution is 2.32. The molecule has 0 spiro atoms. The van der Waals surface area contributed by atoms with Gasteiger partial charge in [0.1, 0.15) is 46.2 Å². The average molecular weight is 2210 g/mol. The Morgan fingerprint density at radius 2 is 0.760 bits per heavy atom. The molecule has 0 radical (unpaired) electrons. The number of aliphatic hydroxyl groups is 3. The van der Waals surface area contributed by atoms with Crippen LogP contribution in [-0.2, 0) is 126 Å². The first kappa shape index (κ1) is 142. The molecule has 5 aliphatic rings. The summed E-state index contributed by atoms with van der Waals surface area (Å²) in [7, 11) is -2.65. The Balaban J connectivity index is 0.000000858. The topological polar surface area (TPSA) is 414 Å². The molecule has 868 valence electrons. The second kappa shape index (κ2) is 95.2. The van der Waals surface area contributed by atoms with Crippen molar-refractivity contribution in [3.63, 3.8) is 0 Å². The molecule has 3 N–H and O–H groups in total. The Bertz CT molecular complexity index is 3890. The fourth-order valence-electron chi connectivity index (χ4n) is 16.0. The molecule has 1 unspecified atom stereocenters. The van der Waals surface area contributed by atoms with E-state index in [9.17, 15) is 44.4 Å². The van der Waals surface area contributed by atoms with Crippen molar-refractivity contribution >= 4 is 64.8 Å². The molecule has 2 aliphatic carbocycles. The maximum Gasteiger partial charge on any atom is 0.323 e. The van der Waals surface area contributed by atoms with Gasteiger partial charge >= 0.3 is 23.9 Å². The van der Waals surface area contributed by atoms with Crippen molar-refractivity contribution in [1.82, 2.24) is 43.6 Å². The van der Waals surface area contributed by atoms with Crippen LogP contribution in [0.3, 0.4) is 0 Å². The number of aryl methyl sites for hydroxylation is 2. The Morgan fingerprint density at radius 1 is 0.420 bits per heavy atom. The van der Waals surface area contributed by atoms with Gasteiger partial charge in [-0.05, 0) is 147 Å². The summed E-state index contributed by atoms with van der Waals surface area (Å²) in [6.07, 6.45) is 29.1. The van der Waals surface area contributed by atoms with Crippen LogP contribution < -0.4 is 0 Å². The van der Waals surface area contributed by atoms with E-state index in [-0.39, 0.29) is 100.0 Å². The van der Waals surface area contributed by atoms with Crippen molar-refractivity contribution < 1.29 is 126 Å². The van der Waals surface area contributed by atoms with E-state index < -0.39 is 41.6 Å². The van der Waals surface area contributed by atoms with E-state index in [1.807, 2.05) is 41.8 Å². The van der Waals surface area contributed by atoms with Gasteiger partial charge < -0.3 is 100 Å². The molecule has 3 saturated heterocycles. The summed E-state index contributed by atoms with van der Waals surface area (Å²) in [6, 6.07) is 39.7. The van der Waals surface area contributed by atoms with Crippen LogP contribution in [0.15, 0.2) is 124 Å². The number of piperazine rings is 1. The van der Waals surface area contributed by atoms with Gasteiger partial charge in [0.15, 0.2) is 14.7 Å². The van der Waals surface area contributed by atoms with Crippen LogP contribution in [0, 0.1) is 13.8 Å². The van der Waals surface area contributed by atoms with Crippen molar-refractivity contribution in [3.8, 4) is 0 Å². The number of aliphatic hydroxyl groups excluding tert-OH is 3. The van der Waals surface area contributed by atoms with Crippen molar-refractivity contribution in [2.24, 2.45) is 0 Å². The van der Waals surface area contributed by atoms with Crippen LogP contribution in [0.25, 0.3) is 4.13 Å². The van der Waals surface area contributed by atoms with Crippen LogP contribution in [-0.4, -0.2) is 436 Å². The zero-order valence-corrected chi connectivity index (χ0v) is 97.1. The van der Waals surface area contributed by atoms with Gasteiger partial charge in [0.25, 0.3) is 0 Å². The molecule has 37 nitrogen and oxygen atoms in total. The van der Waals surface area contributed by atoms with Gasteiger partial charge in [-0.1, -0.05) is 179 Å². The lowest BCUT2D eigenvalue weighted by Gasteiger charge is -2.39. The van der Waals surface area contributed by atoms with Crippen molar-refractivity contribution in [2.75, 3.05) is 310 Å². The molecule has 150 heavy (non-hydrogen) atoms. The van der Waals surface area contributed by atoms with Crippen molar-refractivity contribution in [1.29, 1.82) is 0 Å². The maximum atomic E-state index is 12.3. The number of rotatable bonds is 67. The minimum atomic E-state index is -4.22. The molecule has 5 fully saturated rings. The van der Waals surface area contributed by atoms with E-state index in [1.165, 1.54) is 161 Å². The second-order valence-corrected chi connectivity index (χ2v) is 44.4. The summed E-state index contributed by atoms with van der Waals surface area (Å²) in [4.78, 5) is 68.9. The number of ether oxygens (including phenoxy) is 14. The number of esters is 4. The van der Waals surface area contributed by atoms with Gasteiger partial charge in [0, 0.05) is 181 Å². The van der Waals surface area contributed by atoms with Crippen molar-refractivity contribution in [2.45, 2.75) is 242 Å². The van der Waals surface area contributed by atoms with Gasteiger partial charge in [0.2, 0.25) is 10.0 Å². The van der Waals surface area contributed by atoms with Crippen LogP contribution in [0.1, 0.15) is 207 Å². The first-order valence-electron chi connectivity index (χ1n) is 54.4. The van der Waals surface area contributed by atoms with Gasteiger partial charge in [0.05, 0.1) is 136 Å².